The minimum Gasteiger partial charge on any atom is -0.507 e. The number of carbonyl (C=O) groups excluding carboxylic acids is 1. The number of nitrogens with zero attached hydrogens (tertiary/aromatic N) is 2. The molecule has 3 aromatic carbocycles. The monoisotopic (exact) mass is 553 g/mol. The van der Waals surface area contributed by atoms with Gasteiger partial charge < -0.3 is 19.3 Å². The van der Waals surface area contributed by atoms with E-state index in [-0.39, 0.29) is 35.4 Å². The highest BCUT2D eigenvalue weighted by molar-refractivity contribution is 6.20. The number of ketones is 1. The molecule has 3 aliphatic rings. The molecule has 1 unspecified atom stereocenters. The second kappa shape index (κ2) is 10.1. The number of ether oxygens (including phenoxy) is 3. The summed E-state index contributed by atoms with van der Waals surface area (Å²) in [6, 6.07) is 16.6. The molecule has 0 fully saturated rings. The van der Waals surface area contributed by atoms with Gasteiger partial charge in [-0.3, -0.25) is 25.2 Å². The van der Waals surface area contributed by atoms with E-state index in [9.17, 15) is 25.4 Å². The average Bonchev–Trinajstić information content (AvgIpc) is 3.45. The van der Waals surface area contributed by atoms with E-state index in [1.54, 1.807) is 61.4 Å². The van der Waals surface area contributed by atoms with Crippen LogP contribution in [0.4, 0.5) is 11.4 Å². The number of non-ortho nitro benzene ring substituents is 1. The number of aliphatic hydroxyl groups excluding tert-OH is 1. The van der Waals surface area contributed by atoms with Crippen molar-refractivity contribution < 1.29 is 29.0 Å². The number of hydrogen-bond acceptors (Lipinski definition) is 8. The lowest BCUT2D eigenvalue weighted by Crippen LogP contribution is -2.42. The standard InChI is InChI=1S/C31H27N3O7/c1-17-14-20(34(37)38)9-12-22(17)33-23-4-3-5-24(35)28(23)27(19-8-13-25-26(15-19)41-16-40-25)29(31(33)32)30(36)18-6-10-21(39-2)11-7-18/h6-15,27,32,36H,3-5,16H2,1-2H3. The molecule has 208 valence electrons. The van der Waals surface area contributed by atoms with Crippen molar-refractivity contribution in [2.24, 2.45) is 0 Å². The van der Waals surface area contributed by atoms with E-state index in [4.69, 9.17) is 14.2 Å². The van der Waals surface area contributed by atoms with Crippen molar-refractivity contribution in [1.29, 1.82) is 5.41 Å². The number of amidine groups is 1. The molecule has 2 heterocycles. The second-order valence-electron chi connectivity index (χ2n) is 10.1. The molecule has 0 radical (unpaired) electrons. The Bertz CT molecular complexity index is 1670. The van der Waals surface area contributed by atoms with Crippen molar-refractivity contribution in [1.82, 2.24) is 0 Å². The Kier molecular flexibility index (Phi) is 6.45. The molecule has 0 spiro atoms. The van der Waals surface area contributed by atoms with Gasteiger partial charge in [0.25, 0.3) is 5.69 Å². The maximum absolute atomic E-state index is 13.7. The molecule has 3 aromatic rings. The number of nitrogens with one attached hydrogen (secondary N) is 1. The quantitative estimate of drug-likeness (QED) is 0.217. The molecular weight excluding hydrogens is 526 g/mol. The van der Waals surface area contributed by atoms with Crippen LogP contribution in [-0.4, -0.2) is 35.6 Å². The van der Waals surface area contributed by atoms with Crippen LogP contribution in [0.5, 0.6) is 17.2 Å². The van der Waals surface area contributed by atoms with Gasteiger partial charge in [0, 0.05) is 46.9 Å². The Labute approximate surface area is 235 Å². The van der Waals surface area contributed by atoms with Crippen LogP contribution in [0.15, 0.2) is 77.5 Å². The van der Waals surface area contributed by atoms with Gasteiger partial charge in [0.15, 0.2) is 17.3 Å². The first-order valence-corrected chi connectivity index (χ1v) is 13.2. The van der Waals surface area contributed by atoms with Crippen LogP contribution in [-0.2, 0) is 4.79 Å². The smallest absolute Gasteiger partial charge is 0.269 e. The van der Waals surface area contributed by atoms with Crippen LogP contribution in [0, 0.1) is 22.4 Å². The van der Waals surface area contributed by atoms with E-state index in [0.29, 0.717) is 70.2 Å². The number of hydrogen-bond donors (Lipinski definition) is 2. The number of allylic oxidation sites excluding steroid dienone is 2. The molecule has 1 atom stereocenters. The Morgan fingerprint density at radius 1 is 1.07 bits per heavy atom. The number of benzene rings is 3. The first-order chi connectivity index (χ1) is 19.8. The minimum atomic E-state index is -0.753. The summed E-state index contributed by atoms with van der Waals surface area (Å²) < 4.78 is 16.4. The molecule has 1 aliphatic carbocycles. The largest absolute Gasteiger partial charge is 0.507 e. The summed E-state index contributed by atoms with van der Waals surface area (Å²) in [6.07, 6.45) is 1.46. The molecule has 6 rings (SSSR count). The number of aliphatic hydroxyl groups is 1. The van der Waals surface area contributed by atoms with E-state index in [0.717, 1.165) is 0 Å². The maximum Gasteiger partial charge on any atom is 0.269 e. The summed E-state index contributed by atoms with van der Waals surface area (Å²) in [5.41, 5.74) is 3.53. The molecule has 10 nitrogen and oxygen atoms in total. The molecule has 0 amide bonds. The van der Waals surface area contributed by atoms with Gasteiger partial charge >= 0.3 is 0 Å². The number of methoxy groups -OCH3 is 1. The predicted molar refractivity (Wildman–Crippen MR) is 152 cm³/mol. The molecule has 0 bridgehead atoms. The van der Waals surface area contributed by atoms with Crippen LogP contribution >= 0.6 is 0 Å². The number of anilines is 1. The number of aryl methyl sites for hydroxylation is 1. The molecule has 10 heteroatoms. The van der Waals surface area contributed by atoms with Crippen molar-refractivity contribution in [3.05, 3.63) is 104 Å². The molecule has 0 saturated heterocycles. The average molecular weight is 554 g/mol. The van der Waals surface area contributed by atoms with Gasteiger partial charge in [-0.15, -0.1) is 0 Å². The highest BCUT2D eigenvalue weighted by atomic mass is 16.7. The normalized spacial score (nSPS) is 19.3. The van der Waals surface area contributed by atoms with Gasteiger partial charge in [0.05, 0.1) is 17.7 Å². The molecule has 0 saturated carbocycles. The molecule has 41 heavy (non-hydrogen) atoms. The summed E-state index contributed by atoms with van der Waals surface area (Å²) in [7, 11) is 1.55. The lowest BCUT2D eigenvalue weighted by Gasteiger charge is -2.42. The van der Waals surface area contributed by atoms with Crippen LogP contribution in [0.2, 0.25) is 0 Å². The fourth-order valence-electron chi connectivity index (χ4n) is 5.79. The summed E-state index contributed by atoms with van der Waals surface area (Å²) in [4.78, 5) is 26.3. The Morgan fingerprint density at radius 3 is 2.54 bits per heavy atom. The van der Waals surface area contributed by atoms with Crippen molar-refractivity contribution in [3.63, 3.8) is 0 Å². The van der Waals surface area contributed by atoms with Crippen LogP contribution in [0.25, 0.3) is 5.76 Å². The lowest BCUT2D eigenvalue weighted by atomic mass is 9.73. The third-order valence-electron chi connectivity index (χ3n) is 7.74. The number of nitro benzene ring substituents is 1. The Hall–Kier alpha value is -5.12. The predicted octanol–water partition coefficient (Wildman–Crippen LogP) is 6.20. The summed E-state index contributed by atoms with van der Waals surface area (Å²) >= 11 is 0. The van der Waals surface area contributed by atoms with Crippen molar-refractivity contribution in [3.8, 4) is 17.2 Å². The Morgan fingerprint density at radius 2 is 1.83 bits per heavy atom. The molecule has 2 N–H and O–H groups in total. The third-order valence-corrected chi connectivity index (χ3v) is 7.74. The van der Waals surface area contributed by atoms with Crippen LogP contribution in [0.1, 0.15) is 41.9 Å². The minimum absolute atomic E-state index is 0.0219. The van der Waals surface area contributed by atoms with Crippen molar-refractivity contribution in [2.75, 3.05) is 18.8 Å². The third kappa shape index (κ3) is 4.37. The number of nitro groups is 1. The fourth-order valence-corrected chi connectivity index (χ4v) is 5.79. The number of fused-ring (bicyclic) bond motifs is 1. The summed E-state index contributed by atoms with van der Waals surface area (Å²) in [5, 5.41) is 32.8. The van der Waals surface area contributed by atoms with Crippen LogP contribution < -0.4 is 19.1 Å². The highest BCUT2D eigenvalue weighted by Crippen LogP contribution is 2.50. The van der Waals surface area contributed by atoms with Gasteiger partial charge in [-0.2, -0.15) is 0 Å². The number of Topliss-reactive ketones (excluding diaryl/α,β-unsaturated/α-hetero) is 1. The van der Waals surface area contributed by atoms with Gasteiger partial charge in [-0.1, -0.05) is 6.07 Å². The highest BCUT2D eigenvalue weighted by Gasteiger charge is 2.44. The topological polar surface area (TPSA) is 135 Å². The zero-order valence-electron chi connectivity index (χ0n) is 22.5. The van der Waals surface area contributed by atoms with Gasteiger partial charge in [-0.05, 0) is 73.4 Å². The van der Waals surface area contributed by atoms with E-state index in [2.05, 4.69) is 0 Å². The van der Waals surface area contributed by atoms with E-state index >= 15 is 0 Å². The number of carbonyl (C=O) groups is 1. The van der Waals surface area contributed by atoms with Gasteiger partial charge in [-0.25, -0.2) is 0 Å². The van der Waals surface area contributed by atoms with E-state index < -0.39 is 10.8 Å². The molecular formula is C31H27N3O7. The zero-order valence-corrected chi connectivity index (χ0v) is 22.5. The summed E-state index contributed by atoms with van der Waals surface area (Å²) in [5.74, 6) is 0.699. The number of rotatable bonds is 5. The lowest BCUT2D eigenvalue weighted by molar-refractivity contribution is -0.384. The first kappa shape index (κ1) is 26.1. The first-order valence-electron chi connectivity index (χ1n) is 13.2. The maximum atomic E-state index is 13.7. The van der Waals surface area contributed by atoms with Crippen molar-refractivity contribution >= 4 is 28.8 Å². The zero-order chi connectivity index (χ0) is 28.8. The Balaban J connectivity index is 1.63. The molecule has 0 aromatic heterocycles. The van der Waals surface area contributed by atoms with Gasteiger partial charge in [0.1, 0.15) is 17.3 Å². The fraction of sp³-hybridized carbons (Fsp3) is 0.226. The van der Waals surface area contributed by atoms with Crippen molar-refractivity contribution in [2.45, 2.75) is 32.1 Å². The SMILES string of the molecule is COc1ccc(C(O)=C2C(=N)N(c3ccc([N+](=O)[O-])cc3C)C3=C(C(=O)CCC3)C2c2ccc3c(c2)OCO3)cc1. The van der Waals surface area contributed by atoms with E-state index in [1.165, 1.54) is 12.1 Å². The van der Waals surface area contributed by atoms with Gasteiger partial charge in [0.2, 0.25) is 6.79 Å². The van der Waals surface area contributed by atoms with E-state index in [1.807, 2.05) is 6.07 Å². The second-order valence-corrected chi connectivity index (χ2v) is 10.1. The van der Waals surface area contributed by atoms with Crippen LogP contribution in [0.3, 0.4) is 0 Å². The summed E-state index contributed by atoms with van der Waals surface area (Å²) in [6.45, 7) is 1.82. The molecule has 2 aliphatic heterocycles.